The minimum Gasteiger partial charge on any atom is -0.289 e. The van der Waals surface area contributed by atoms with Gasteiger partial charge >= 0.3 is 0 Å². The summed E-state index contributed by atoms with van der Waals surface area (Å²) in [4.78, 5) is 11.7. The maximum atomic E-state index is 4.82. The van der Waals surface area contributed by atoms with Crippen molar-refractivity contribution in [1.29, 1.82) is 0 Å². The van der Waals surface area contributed by atoms with Crippen LogP contribution in [0.5, 0.6) is 0 Å². The number of piperidine rings is 1. The van der Waals surface area contributed by atoms with Crippen LogP contribution in [0.3, 0.4) is 0 Å². The lowest BCUT2D eigenvalue weighted by Gasteiger charge is -2.35. The maximum Gasteiger partial charge on any atom is 0.149 e. The number of pyridine rings is 1. The molecule has 0 saturated carbocycles. The molecule has 5 heteroatoms. The number of aryl methyl sites for hydroxylation is 2. The quantitative estimate of drug-likeness (QED) is 0.715. The van der Waals surface area contributed by atoms with Crippen molar-refractivity contribution >= 4 is 0 Å². The molecule has 3 heterocycles. The molecule has 2 aromatic heterocycles. The van der Waals surface area contributed by atoms with Crippen molar-refractivity contribution in [3.63, 3.8) is 0 Å². The van der Waals surface area contributed by atoms with Gasteiger partial charge in [0.25, 0.3) is 0 Å². The molecule has 0 amide bonds. The molecule has 0 unspecified atom stereocenters. The van der Waals surface area contributed by atoms with Gasteiger partial charge in [-0.25, -0.2) is 9.67 Å². The van der Waals surface area contributed by atoms with Gasteiger partial charge in [-0.05, 0) is 50.9 Å². The highest BCUT2D eigenvalue weighted by Gasteiger charge is 2.29. The fourth-order valence-electron chi connectivity index (χ4n) is 3.79. The van der Waals surface area contributed by atoms with Crippen LogP contribution in [0.25, 0.3) is 5.69 Å². The molecule has 3 aromatic rings. The van der Waals surface area contributed by atoms with Gasteiger partial charge in [-0.15, -0.1) is 0 Å². The predicted octanol–water partition coefficient (Wildman–Crippen LogP) is 4.01. The van der Waals surface area contributed by atoms with E-state index in [2.05, 4.69) is 51.4 Å². The van der Waals surface area contributed by atoms with E-state index in [9.17, 15) is 0 Å². The molecule has 5 nitrogen and oxygen atoms in total. The third kappa shape index (κ3) is 3.53. The molecule has 1 aromatic carbocycles. The summed E-state index contributed by atoms with van der Waals surface area (Å²) < 4.78 is 2.01. The van der Waals surface area contributed by atoms with E-state index in [4.69, 9.17) is 4.98 Å². The molecule has 1 atom stereocenters. The topological polar surface area (TPSA) is 46.8 Å². The lowest BCUT2D eigenvalue weighted by Crippen LogP contribution is -2.34. The van der Waals surface area contributed by atoms with Gasteiger partial charge < -0.3 is 0 Å². The highest BCUT2D eigenvalue weighted by Crippen LogP contribution is 2.32. The van der Waals surface area contributed by atoms with Crippen molar-refractivity contribution in [2.24, 2.45) is 0 Å². The molecule has 1 saturated heterocycles. The van der Waals surface area contributed by atoms with Crippen LogP contribution in [0.15, 0.2) is 48.7 Å². The summed E-state index contributed by atoms with van der Waals surface area (Å²) in [6, 6.07) is 15.1. The van der Waals surface area contributed by atoms with Crippen LogP contribution in [0.2, 0.25) is 0 Å². The molecule has 26 heavy (non-hydrogen) atoms. The number of hydrogen-bond acceptors (Lipinski definition) is 4. The van der Waals surface area contributed by atoms with E-state index in [0.29, 0.717) is 6.04 Å². The Balaban J connectivity index is 1.68. The van der Waals surface area contributed by atoms with Gasteiger partial charge in [-0.2, -0.15) is 5.10 Å². The van der Waals surface area contributed by atoms with E-state index < -0.39 is 0 Å². The summed E-state index contributed by atoms with van der Waals surface area (Å²) in [5.41, 5.74) is 3.38. The molecular weight excluding hydrogens is 322 g/mol. The van der Waals surface area contributed by atoms with Crippen molar-refractivity contribution in [1.82, 2.24) is 24.6 Å². The van der Waals surface area contributed by atoms with Crippen molar-refractivity contribution in [3.8, 4) is 5.69 Å². The fourth-order valence-corrected chi connectivity index (χ4v) is 3.79. The molecule has 1 fully saturated rings. The van der Waals surface area contributed by atoms with E-state index in [0.717, 1.165) is 42.5 Å². The highest BCUT2D eigenvalue weighted by molar-refractivity contribution is 5.32. The van der Waals surface area contributed by atoms with Gasteiger partial charge in [0.05, 0.1) is 11.7 Å². The van der Waals surface area contributed by atoms with Gasteiger partial charge in [0.1, 0.15) is 11.6 Å². The summed E-state index contributed by atoms with van der Waals surface area (Å²) in [7, 11) is 0. The van der Waals surface area contributed by atoms with Gasteiger partial charge in [-0.1, -0.05) is 36.8 Å². The second kappa shape index (κ2) is 7.38. The first-order valence-corrected chi connectivity index (χ1v) is 9.35. The summed E-state index contributed by atoms with van der Waals surface area (Å²) in [6.45, 7) is 6.03. The summed E-state index contributed by atoms with van der Waals surface area (Å²) in [5, 5.41) is 4.69. The molecule has 0 spiro atoms. The molecule has 0 radical (unpaired) electrons. The first-order valence-electron chi connectivity index (χ1n) is 9.35. The maximum absolute atomic E-state index is 4.82. The number of nitrogens with zero attached hydrogens (tertiary/aromatic N) is 5. The second-order valence-corrected chi connectivity index (χ2v) is 7.05. The Labute approximate surface area is 154 Å². The lowest BCUT2D eigenvalue weighted by molar-refractivity contribution is 0.132. The summed E-state index contributed by atoms with van der Waals surface area (Å²) in [5.74, 6) is 1.86. The smallest absolute Gasteiger partial charge is 0.149 e. The Kier molecular flexibility index (Phi) is 4.80. The molecule has 1 aliphatic rings. The zero-order valence-electron chi connectivity index (χ0n) is 15.5. The molecule has 4 rings (SSSR count). The van der Waals surface area contributed by atoms with Gasteiger partial charge in [-0.3, -0.25) is 9.88 Å². The number of likely N-dealkylation sites (tertiary alicyclic amines) is 1. The Bertz CT molecular complexity index is 871. The third-order valence-electron chi connectivity index (χ3n) is 5.00. The van der Waals surface area contributed by atoms with Crippen LogP contribution in [-0.2, 0) is 6.54 Å². The number of hydrogen-bond donors (Lipinski definition) is 0. The molecule has 0 aliphatic carbocycles. The van der Waals surface area contributed by atoms with Crippen molar-refractivity contribution in [3.05, 3.63) is 71.6 Å². The minimum atomic E-state index is 0.290. The second-order valence-electron chi connectivity index (χ2n) is 7.05. The first-order chi connectivity index (χ1) is 12.7. The minimum absolute atomic E-state index is 0.290. The Morgan fingerprint density at radius 2 is 1.92 bits per heavy atom. The Hall–Kier alpha value is -2.53. The summed E-state index contributed by atoms with van der Waals surface area (Å²) >= 11 is 0. The van der Waals surface area contributed by atoms with Gasteiger partial charge in [0.15, 0.2) is 0 Å². The average Bonchev–Trinajstić information content (AvgIpc) is 3.05. The van der Waals surface area contributed by atoms with E-state index in [1.807, 2.05) is 30.8 Å². The van der Waals surface area contributed by atoms with Crippen LogP contribution in [-0.4, -0.2) is 31.2 Å². The van der Waals surface area contributed by atoms with Crippen molar-refractivity contribution in [2.45, 2.75) is 45.7 Å². The van der Waals surface area contributed by atoms with Crippen LogP contribution in [0, 0.1) is 13.8 Å². The van der Waals surface area contributed by atoms with Crippen molar-refractivity contribution < 1.29 is 0 Å². The van der Waals surface area contributed by atoms with E-state index in [1.54, 1.807) is 0 Å². The average molecular weight is 347 g/mol. The van der Waals surface area contributed by atoms with Crippen LogP contribution < -0.4 is 0 Å². The zero-order valence-corrected chi connectivity index (χ0v) is 15.5. The van der Waals surface area contributed by atoms with E-state index in [-0.39, 0.29) is 0 Å². The fraction of sp³-hybridized carbons (Fsp3) is 0.381. The van der Waals surface area contributed by atoms with Crippen LogP contribution >= 0.6 is 0 Å². The number of rotatable bonds is 4. The van der Waals surface area contributed by atoms with Gasteiger partial charge in [0, 0.05) is 18.4 Å². The SMILES string of the molecule is Cc1cc(-n2nc(C)nc2[C@@H]2CCCCN2Cc2ccccc2)ccn1. The first kappa shape index (κ1) is 16.9. The summed E-state index contributed by atoms with van der Waals surface area (Å²) in [6.07, 6.45) is 5.44. The normalized spacial score (nSPS) is 18.2. The zero-order chi connectivity index (χ0) is 17.9. The molecular formula is C21H25N5. The van der Waals surface area contributed by atoms with Crippen molar-refractivity contribution in [2.75, 3.05) is 6.54 Å². The lowest BCUT2D eigenvalue weighted by atomic mass is 10.00. The van der Waals surface area contributed by atoms with E-state index >= 15 is 0 Å². The number of aromatic nitrogens is 4. The largest absolute Gasteiger partial charge is 0.289 e. The van der Waals surface area contributed by atoms with E-state index in [1.165, 1.54) is 18.4 Å². The monoisotopic (exact) mass is 347 g/mol. The Morgan fingerprint density at radius 1 is 1.08 bits per heavy atom. The predicted molar refractivity (Wildman–Crippen MR) is 102 cm³/mol. The van der Waals surface area contributed by atoms with Gasteiger partial charge in [0.2, 0.25) is 0 Å². The van der Waals surface area contributed by atoms with Crippen LogP contribution in [0.1, 0.15) is 48.2 Å². The van der Waals surface area contributed by atoms with Crippen LogP contribution in [0.4, 0.5) is 0 Å². The molecule has 134 valence electrons. The highest BCUT2D eigenvalue weighted by atomic mass is 15.4. The third-order valence-corrected chi connectivity index (χ3v) is 5.00. The number of benzene rings is 1. The molecule has 0 bridgehead atoms. The molecule has 0 N–H and O–H groups in total. The Morgan fingerprint density at radius 3 is 2.73 bits per heavy atom. The molecule has 1 aliphatic heterocycles. The standard InChI is InChI=1S/C21H25N5/c1-16-14-19(11-12-22-16)26-21(23-17(2)24-26)20-10-6-7-13-25(20)15-18-8-4-3-5-9-18/h3-5,8-9,11-12,14,20H,6-7,10,13,15H2,1-2H3/t20-/m0/s1.